The number of hydrogen-bond acceptors (Lipinski definition) is 3. The maximum absolute atomic E-state index is 12.1. The molecule has 0 spiro atoms. The van der Waals surface area contributed by atoms with Gasteiger partial charge in [0.25, 0.3) is 0 Å². The molecule has 1 aliphatic rings. The van der Waals surface area contributed by atoms with E-state index in [9.17, 15) is 13.2 Å². The maximum Gasteiger partial charge on any atom is 0.221 e. The van der Waals surface area contributed by atoms with Crippen LogP contribution in [0.3, 0.4) is 0 Å². The third-order valence-electron chi connectivity index (χ3n) is 4.00. The fourth-order valence-electron chi connectivity index (χ4n) is 2.70. The van der Waals surface area contributed by atoms with Crippen molar-refractivity contribution >= 4 is 15.7 Å². The fraction of sp³-hybridized carbons (Fsp3) is 0.562. The Balaban J connectivity index is 1.83. The molecule has 0 aromatic heterocycles. The maximum atomic E-state index is 12.1. The topological polar surface area (TPSA) is 63.2 Å². The molecule has 4 nitrogen and oxygen atoms in total. The van der Waals surface area contributed by atoms with Gasteiger partial charge in [0.1, 0.15) is 0 Å². The second-order valence-electron chi connectivity index (χ2n) is 5.82. The summed E-state index contributed by atoms with van der Waals surface area (Å²) >= 11 is 0. The molecule has 0 unspecified atom stereocenters. The van der Waals surface area contributed by atoms with Crippen LogP contribution in [0.1, 0.15) is 43.2 Å². The van der Waals surface area contributed by atoms with Crippen molar-refractivity contribution in [3.63, 3.8) is 0 Å². The van der Waals surface area contributed by atoms with Gasteiger partial charge >= 0.3 is 0 Å². The lowest BCUT2D eigenvalue weighted by molar-refractivity contribution is -0.121. The second kappa shape index (κ2) is 7.07. The van der Waals surface area contributed by atoms with Crippen LogP contribution in [0.2, 0.25) is 0 Å². The number of nitrogens with one attached hydrogen (secondary N) is 1. The van der Waals surface area contributed by atoms with Gasteiger partial charge in [-0.15, -0.1) is 0 Å². The Bertz CT molecular complexity index is 589. The van der Waals surface area contributed by atoms with Gasteiger partial charge in [-0.3, -0.25) is 4.79 Å². The van der Waals surface area contributed by atoms with Crippen LogP contribution >= 0.6 is 0 Å². The SMILES string of the molecule is Cc1ccccc1CS(=O)(=O)CCC(=O)NC1CCCC1. The zero-order valence-electron chi connectivity index (χ0n) is 12.5. The Morgan fingerprint density at radius 1 is 1.24 bits per heavy atom. The molecule has 0 aliphatic heterocycles. The van der Waals surface area contributed by atoms with Crippen molar-refractivity contribution in [1.29, 1.82) is 0 Å². The Kier molecular flexibility index (Phi) is 5.39. The molecule has 1 aromatic carbocycles. The number of rotatable bonds is 6. The first-order valence-corrected chi connectivity index (χ1v) is 9.33. The third kappa shape index (κ3) is 5.16. The molecule has 1 amide bonds. The highest BCUT2D eigenvalue weighted by Gasteiger charge is 2.19. The molecule has 0 saturated heterocycles. The van der Waals surface area contributed by atoms with Crippen LogP contribution in [0, 0.1) is 6.92 Å². The molecule has 5 heteroatoms. The average Bonchev–Trinajstić information content (AvgIpc) is 2.92. The van der Waals surface area contributed by atoms with Gasteiger partial charge in [-0.2, -0.15) is 0 Å². The molecule has 0 radical (unpaired) electrons. The van der Waals surface area contributed by atoms with Gasteiger partial charge in [0.05, 0.1) is 11.5 Å². The van der Waals surface area contributed by atoms with Crippen molar-refractivity contribution in [2.45, 2.75) is 50.8 Å². The van der Waals surface area contributed by atoms with Gasteiger partial charge < -0.3 is 5.32 Å². The van der Waals surface area contributed by atoms with Crippen molar-refractivity contribution in [3.8, 4) is 0 Å². The largest absolute Gasteiger partial charge is 0.353 e. The van der Waals surface area contributed by atoms with Crippen LogP contribution in [-0.2, 0) is 20.4 Å². The number of carbonyl (C=O) groups excluding carboxylic acids is 1. The first kappa shape index (κ1) is 16.0. The first-order valence-electron chi connectivity index (χ1n) is 7.50. The van der Waals surface area contributed by atoms with E-state index < -0.39 is 9.84 Å². The summed E-state index contributed by atoms with van der Waals surface area (Å²) in [5, 5.41) is 2.92. The lowest BCUT2D eigenvalue weighted by Crippen LogP contribution is -2.33. The van der Waals surface area contributed by atoms with Crippen LogP contribution in [-0.4, -0.2) is 26.1 Å². The van der Waals surface area contributed by atoms with Gasteiger partial charge in [0.2, 0.25) is 5.91 Å². The molecule has 0 bridgehead atoms. The fourth-order valence-corrected chi connectivity index (χ4v) is 4.14. The quantitative estimate of drug-likeness (QED) is 0.877. The van der Waals surface area contributed by atoms with E-state index in [-0.39, 0.29) is 29.9 Å². The van der Waals surface area contributed by atoms with Gasteiger partial charge in [0, 0.05) is 12.5 Å². The number of hydrogen-bond donors (Lipinski definition) is 1. The number of carbonyl (C=O) groups is 1. The highest BCUT2D eigenvalue weighted by atomic mass is 32.2. The molecule has 1 aliphatic carbocycles. The Morgan fingerprint density at radius 3 is 2.57 bits per heavy atom. The van der Waals surface area contributed by atoms with E-state index in [1.807, 2.05) is 31.2 Å². The predicted octanol–water partition coefficient (Wildman–Crippen LogP) is 2.36. The van der Waals surface area contributed by atoms with Crippen LogP contribution in [0.15, 0.2) is 24.3 Å². The minimum Gasteiger partial charge on any atom is -0.353 e. The Hall–Kier alpha value is -1.36. The summed E-state index contributed by atoms with van der Waals surface area (Å²) in [5.41, 5.74) is 1.78. The molecule has 1 aromatic rings. The minimum absolute atomic E-state index is 0.0103. The first-order chi connectivity index (χ1) is 9.96. The summed E-state index contributed by atoms with van der Waals surface area (Å²) in [7, 11) is -3.25. The van der Waals surface area contributed by atoms with Crippen molar-refractivity contribution in [1.82, 2.24) is 5.32 Å². The van der Waals surface area contributed by atoms with Crippen LogP contribution < -0.4 is 5.32 Å². The highest BCUT2D eigenvalue weighted by molar-refractivity contribution is 7.90. The molecule has 2 rings (SSSR count). The molecule has 0 atom stereocenters. The van der Waals surface area contributed by atoms with E-state index in [2.05, 4.69) is 5.32 Å². The monoisotopic (exact) mass is 309 g/mol. The summed E-state index contributed by atoms with van der Waals surface area (Å²) in [6.45, 7) is 1.90. The number of amides is 1. The summed E-state index contributed by atoms with van der Waals surface area (Å²) in [6.07, 6.45) is 4.39. The standard InChI is InChI=1S/C16H23NO3S/c1-13-6-2-3-7-14(13)12-21(19,20)11-10-16(18)17-15-8-4-5-9-15/h2-3,6-7,15H,4-5,8-12H2,1H3,(H,17,18). The van der Waals surface area contributed by atoms with E-state index in [1.165, 1.54) is 0 Å². The lowest BCUT2D eigenvalue weighted by atomic mass is 10.1. The predicted molar refractivity (Wildman–Crippen MR) is 83.7 cm³/mol. The zero-order valence-corrected chi connectivity index (χ0v) is 13.3. The van der Waals surface area contributed by atoms with E-state index in [4.69, 9.17) is 0 Å². The molecule has 116 valence electrons. The Labute approximate surface area is 126 Å². The molecule has 1 fully saturated rings. The van der Waals surface area contributed by atoms with Crippen LogP contribution in [0.5, 0.6) is 0 Å². The van der Waals surface area contributed by atoms with Crippen molar-refractivity contribution in [2.24, 2.45) is 0 Å². The number of benzene rings is 1. The highest BCUT2D eigenvalue weighted by Crippen LogP contribution is 2.18. The molecular formula is C16H23NO3S. The lowest BCUT2D eigenvalue weighted by Gasteiger charge is -2.12. The summed E-state index contributed by atoms with van der Waals surface area (Å²) in [4.78, 5) is 11.8. The van der Waals surface area contributed by atoms with Gasteiger partial charge in [-0.1, -0.05) is 37.1 Å². The molecule has 1 N–H and O–H groups in total. The second-order valence-corrected chi connectivity index (χ2v) is 8.00. The molecule has 21 heavy (non-hydrogen) atoms. The summed E-state index contributed by atoms with van der Waals surface area (Å²) in [5.74, 6) is -0.216. The van der Waals surface area contributed by atoms with Gasteiger partial charge in [-0.05, 0) is 30.9 Å². The summed E-state index contributed by atoms with van der Waals surface area (Å²) < 4.78 is 24.2. The number of aryl methyl sites for hydroxylation is 1. The van der Waals surface area contributed by atoms with E-state index >= 15 is 0 Å². The molecule has 1 saturated carbocycles. The molecule has 0 heterocycles. The third-order valence-corrected chi connectivity index (χ3v) is 5.57. The van der Waals surface area contributed by atoms with Crippen LogP contribution in [0.4, 0.5) is 0 Å². The van der Waals surface area contributed by atoms with Crippen molar-refractivity contribution < 1.29 is 13.2 Å². The normalized spacial score (nSPS) is 16.0. The van der Waals surface area contributed by atoms with Crippen LogP contribution in [0.25, 0.3) is 0 Å². The average molecular weight is 309 g/mol. The zero-order chi connectivity index (χ0) is 15.3. The van der Waals surface area contributed by atoms with E-state index in [0.29, 0.717) is 0 Å². The van der Waals surface area contributed by atoms with E-state index in [1.54, 1.807) is 0 Å². The van der Waals surface area contributed by atoms with Gasteiger partial charge in [-0.25, -0.2) is 8.42 Å². The smallest absolute Gasteiger partial charge is 0.221 e. The van der Waals surface area contributed by atoms with Crippen molar-refractivity contribution in [2.75, 3.05) is 5.75 Å². The Morgan fingerprint density at radius 2 is 1.90 bits per heavy atom. The van der Waals surface area contributed by atoms with Gasteiger partial charge in [0.15, 0.2) is 9.84 Å². The number of sulfone groups is 1. The minimum atomic E-state index is -3.25. The van der Waals surface area contributed by atoms with E-state index in [0.717, 1.165) is 36.8 Å². The molecular weight excluding hydrogens is 286 g/mol. The van der Waals surface area contributed by atoms with Crippen molar-refractivity contribution in [3.05, 3.63) is 35.4 Å². The summed E-state index contributed by atoms with van der Waals surface area (Å²) in [6, 6.07) is 7.70.